The maximum absolute atomic E-state index is 14.2. The SMILES string of the molecule is Nc1ncccc1NCc1cc(CC(=O)c2ccc3ccccc3n2)ccc1F. The number of carbonyl (C=O) groups is 1. The van der Waals surface area contributed by atoms with Gasteiger partial charge in [0.2, 0.25) is 0 Å². The molecule has 6 heteroatoms. The molecule has 0 atom stereocenters. The molecule has 4 rings (SSSR count). The molecule has 3 N–H and O–H groups in total. The molecule has 0 spiro atoms. The van der Waals surface area contributed by atoms with Gasteiger partial charge in [0.25, 0.3) is 0 Å². The van der Waals surface area contributed by atoms with Crippen LogP contribution in [0.2, 0.25) is 0 Å². The molecule has 0 bridgehead atoms. The topological polar surface area (TPSA) is 80.9 Å². The van der Waals surface area contributed by atoms with Crippen LogP contribution in [0.4, 0.5) is 15.9 Å². The van der Waals surface area contributed by atoms with E-state index in [1.165, 1.54) is 6.07 Å². The first kappa shape index (κ1) is 18.6. The van der Waals surface area contributed by atoms with Crippen LogP contribution in [0.25, 0.3) is 10.9 Å². The zero-order chi connectivity index (χ0) is 20.2. The Kier molecular flexibility index (Phi) is 5.16. The summed E-state index contributed by atoms with van der Waals surface area (Å²) < 4.78 is 14.2. The Labute approximate surface area is 167 Å². The monoisotopic (exact) mass is 386 g/mol. The quantitative estimate of drug-likeness (QED) is 0.481. The molecular formula is C23H19FN4O. The Hall–Kier alpha value is -3.80. The Balaban J connectivity index is 1.50. The molecule has 0 aliphatic rings. The smallest absolute Gasteiger partial charge is 0.185 e. The van der Waals surface area contributed by atoms with Crippen molar-refractivity contribution < 1.29 is 9.18 Å². The average molecular weight is 386 g/mol. The number of nitrogen functional groups attached to an aromatic ring is 1. The number of hydrogen-bond acceptors (Lipinski definition) is 5. The van der Waals surface area contributed by atoms with E-state index in [2.05, 4.69) is 15.3 Å². The van der Waals surface area contributed by atoms with Crippen molar-refractivity contribution in [3.05, 3.63) is 95.6 Å². The minimum atomic E-state index is -0.347. The highest BCUT2D eigenvalue weighted by Gasteiger charge is 2.12. The van der Waals surface area contributed by atoms with E-state index in [9.17, 15) is 9.18 Å². The van der Waals surface area contributed by atoms with Gasteiger partial charge >= 0.3 is 0 Å². The standard InChI is InChI=1S/C23H19FN4O/c24-18-9-7-15(12-17(18)14-27-21-6-3-11-26-23(21)25)13-22(29)20-10-8-16-4-1-2-5-19(16)28-20/h1-12,27H,13-14H2,(H2,25,26). The van der Waals surface area contributed by atoms with Gasteiger partial charge in [-0.25, -0.2) is 14.4 Å². The van der Waals surface area contributed by atoms with E-state index in [4.69, 9.17) is 5.73 Å². The van der Waals surface area contributed by atoms with Crippen molar-refractivity contribution in [1.82, 2.24) is 9.97 Å². The van der Waals surface area contributed by atoms with E-state index in [-0.39, 0.29) is 24.6 Å². The third-order valence-electron chi connectivity index (χ3n) is 4.67. The van der Waals surface area contributed by atoms with Crippen molar-refractivity contribution in [3.63, 3.8) is 0 Å². The summed E-state index contributed by atoms with van der Waals surface area (Å²) in [6.45, 7) is 0.234. The fourth-order valence-corrected chi connectivity index (χ4v) is 3.13. The van der Waals surface area contributed by atoms with Gasteiger partial charge in [0.15, 0.2) is 5.78 Å². The van der Waals surface area contributed by atoms with Crippen molar-refractivity contribution in [2.75, 3.05) is 11.1 Å². The van der Waals surface area contributed by atoms with Crippen molar-refractivity contribution >= 4 is 28.2 Å². The Morgan fingerprint density at radius 1 is 1.03 bits per heavy atom. The summed E-state index contributed by atoms with van der Waals surface area (Å²) in [5, 5.41) is 4.06. The number of para-hydroxylation sites is 1. The van der Waals surface area contributed by atoms with Gasteiger partial charge in [-0.3, -0.25) is 4.79 Å². The summed E-state index contributed by atoms with van der Waals surface area (Å²) in [5.41, 5.74) is 8.78. The van der Waals surface area contributed by atoms with Crippen LogP contribution in [-0.2, 0) is 13.0 Å². The van der Waals surface area contributed by atoms with Gasteiger partial charge in [-0.2, -0.15) is 0 Å². The molecule has 0 saturated heterocycles. The fourth-order valence-electron chi connectivity index (χ4n) is 3.13. The van der Waals surface area contributed by atoms with Crippen LogP contribution in [-0.4, -0.2) is 15.8 Å². The maximum Gasteiger partial charge on any atom is 0.185 e. The van der Waals surface area contributed by atoms with Crippen LogP contribution in [0, 0.1) is 5.82 Å². The molecule has 0 unspecified atom stereocenters. The number of aromatic nitrogens is 2. The summed E-state index contributed by atoms with van der Waals surface area (Å²) >= 11 is 0. The highest BCUT2D eigenvalue weighted by atomic mass is 19.1. The molecule has 2 heterocycles. The first-order valence-corrected chi connectivity index (χ1v) is 9.21. The second-order valence-electron chi connectivity index (χ2n) is 6.70. The molecular weight excluding hydrogens is 367 g/mol. The van der Waals surface area contributed by atoms with E-state index < -0.39 is 0 Å². The van der Waals surface area contributed by atoms with E-state index in [1.54, 1.807) is 36.5 Å². The zero-order valence-electron chi connectivity index (χ0n) is 15.6. The van der Waals surface area contributed by atoms with Crippen LogP contribution in [0.3, 0.4) is 0 Å². The van der Waals surface area contributed by atoms with Crippen molar-refractivity contribution in [2.24, 2.45) is 0 Å². The van der Waals surface area contributed by atoms with E-state index in [1.807, 2.05) is 30.3 Å². The second kappa shape index (κ2) is 8.06. The average Bonchev–Trinajstić information content (AvgIpc) is 2.74. The van der Waals surface area contributed by atoms with Crippen LogP contribution >= 0.6 is 0 Å². The molecule has 0 saturated carbocycles. The van der Waals surface area contributed by atoms with E-state index in [0.29, 0.717) is 22.8 Å². The summed E-state index contributed by atoms with van der Waals surface area (Å²) in [6.07, 6.45) is 1.74. The lowest BCUT2D eigenvalue weighted by molar-refractivity contribution is 0.0988. The van der Waals surface area contributed by atoms with Gasteiger partial charge in [0, 0.05) is 30.1 Å². The predicted molar refractivity (Wildman–Crippen MR) is 112 cm³/mol. The van der Waals surface area contributed by atoms with Crippen molar-refractivity contribution in [1.29, 1.82) is 0 Å². The van der Waals surface area contributed by atoms with Gasteiger partial charge in [0.05, 0.1) is 11.2 Å². The number of nitrogens with one attached hydrogen (secondary N) is 1. The lowest BCUT2D eigenvalue weighted by Crippen LogP contribution is -2.08. The second-order valence-corrected chi connectivity index (χ2v) is 6.70. The molecule has 144 valence electrons. The van der Waals surface area contributed by atoms with Gasteiger partial charge in [-0.1, -0.05) is 36.4 Å². The first-order chi connectivity index (χ1) is 14.1. The summed E-state index contributed by atoms with van der Waals surface area (Å²) in [5.74, 6) is -0.112. The molecule has 29 heavy (non-hydrogen) atoms. The summed E-state index contributed by atoms with van der Waals surface area (Å²) in [6, 6.07) is 19.5. The summed E-state index contributed by atoms with van der Waals surface area (Å²) in [4.78, 5) is 21.1. The number of carbonyl (C=O) groups excluding carboxylic acids is 1. The zero-order valence-corrected chi connectivity index (χ0v) is 15.6. The number of benzene rings is 2. The number of anilines is 2. The molecule has 0 aliphatic heterocycles. The molecule has 2 aromatic heterocycles. The van der Waals surface area contributed by atoms with Gasteiger partial charge in [-0.15, -0.1) is 0 Å². The lowest BCUT2D eigenvalue weighted by Gasteiger charge is -2.10. The normalized spacial score (nSPS) is 10.8. The fraction of sp³-hybridized carbons (Fsp3) is 0.0870. The molecule has 0 amide bonds. The molecule has 0 radical (unpaired) electrons. The number of nitrogens with zero attached hydrogens (tertiary/aromatic N) is 2. The number of halogens is 1. The third kappa shape index (κ3) is 4.21. The number of ketones is 1. The Morgan fingerprint density at radius 2 is 1.90 bits per heavy atom. The lowest BCUT2D eigenvalue weighted by atomic mass is 10.0. The number of hydrogen-bond donors (Lipinski definition) is 2. The van der Waals surface area contributed by atoms with Crippen LogP contribution in [0.15, 0.2) is 72.9 Å². The van der Waals surface area contributed by atoms with E-state index in [0.717, 1.165) is 16.5 Å². The van der Waals surface area contributed by atoms with Gasteiger partial charge in [0.1, 0.15) is 17.3 Å². The van der Waals surface area contributed by atoms with E-state index >= 15 is 0 Å². The number of Topliss-reactive ketones (excluding diaryl/α,β-unsaturated/α-hetero) is 1. The maximum atomic E-state index is 14.2. The molecule has 0 aliphatic carbocycles. The minimum absolute atomic E-state index is 0.113. The Bertz CT molecular complexity index is 1190. The molecule has 0 fully saturated rings. The molecule has 5 nitrogen and oxygen atoms in total. The number of rotatable bonds is 6. The number of nitrogens with two attached hydrogens (primary N) is 1. The predicted octanol–water partition coefficient (Wildman–Crippen LogP) is 4.39. The molecule has 2 aromatic carbocycles. The van der Waals surface area contributed by atoms with Crippen LogP contribution in [0.1, 0.15) is 21.6 Å². The van der Waals surface area contributed by atoms with Crippen molar-refractivity contribution in [2.45, 2.75) is 13.0 Å². The van der Waals surface area contributed by atoms with Gasteiger partial charge < -0.3 is 11.1 Å². The highest BCUT2D eigenvalue weighted by Crippen LogP contribution is 2.19. The Morgan fingerprint density at radius 3 is 2.76 bits per heavy atom. The molecule has 4 aromatic rings. The summed E-state index contributed by atoms with van der Waals surface area (Å²) in [7, 11) is 0. The first-order valence-electron chi connectivity index (χ1n) is 9.21. The van der Waals surface area contributed by atoms with Crippen LogP contribution in [0.5, 0.6) is 0 Å². The van der Waals surface area contributed by atoms with Gasteiger partial charge in [-0.05, 0) is 35.9 Å². The number of fused-ring (bicyclic) bond motifs is 1. The van der Waals surface area contributed by atoms with Crippen molar-refractivity contribution in [3.8, 4) is 0 Å². The highest BCUT2D eigenvalue weighted by molar-refractivity contribution is 5.97. The third-order valence-corrected chi connectivity index (χ3v) is 4.67. The van der Waals surface area contributed by atoms with Crippen LogP contribution < -0.4 is 11.1 Å². The largest absolute Gasteiger partial charge is 0.382 e. The number of pyridine rings is 2. The minimum Gasteiger partial charge on any atom is -0.382 e.